The number of ether oxygens (including phenoxy) is 1. The zero-order valence-electron chi connectivity index (χ0n) is 14.7. The zero-order valence-corrected chi connectivity index (χ0v) is 15.5. The molecule has 0 unspecified atom stereocenters. The quantitative estimate of drug-likeness (QED) is 0.396. The molecule has 0 aliphatic carbocycles. The van der Waals surface area contributed by atoms with Gasteiger partial charge in [-0.05, 0) is 60.2 Å². The Balaban J connectivity index is 1.58. The Morgan fingerprint density at radius 3 is 2.71 bits per heavy atom. The molecule has 2 heterocycles. The van der Waals surface area contributed by atoms with E-state index < -0.39 is 0 Å². The minimum atomic E-state index is 0.0714. The average molecular weight is 395 g/mol. The van der Waals surface area contributed by atoms with Crippen molar-refractivity contribution in [2.75, 3.05) is 12.5 Å². The number of phenols is 1. The number of methoxy groups -OCH3 is 1. The first kappa shape index (κ1) is 17.7. The van der Waals surface area contributed by atoms with Crippen molar-refractivity contribution < 1.29 is 9.84 Å². The average Bonchev–Trinajstić information content (AvgIpc) is 3.13. The smallest absolute Gasteiger partial charge is 0.185 e. The first-order chi connectivity index (χ1) is 13.6. The van der Waals surface area contributed by atoms with E-state index in [2.05, 4.69) is 25.8 Å². The van der Waals surface area contributed by atoms with Gasteiger partial charge < -0.3 is 9.84 Å². The number of halogens is 1. The van der Waals surface area contributed by atoms with Crippen LogP contribution in [0.5, 0.6) is 11.5 Å². The number of benzene rings is 2. The molecule has 4 aromatic rings. The van der Waals surface area contributed by atoms with E-state index in [0.717, 1.165) is 11.1 Å². The third kappa shape index (κ3) is 3.58. The van der Waals surface area contributed by atoms with Crippen molar-refractivity contribution in [1.29, 1.82) is 0 Å². The van der Waals surface area contributed by atoms with Crippen LogP contribution in [0.4, 0.5) is 5.82 Å². The van der Waals surface area contributed by atoms with Crippen molar-refractivity contribution in [3.8, 4) is 22.9 Å². The van der Waals surface area contributed by atoms with Gasteiger partial charge in [0.25, 0.3) is 0 Å². The zero-order chi connectivity index (χ0) is 19.5. The molecule has 0 amide bonds. The number of fused-ring (bicyclic) bond motifs is 1. The number of hydrogen-bond donors (Lipinski definition) is 2. The van der Waals surface area contributed by atoms with Gasteiger partial charge in [-0.15, -0.1) is 15.3 Å². The molecule has 2 aromatic heterocycles. The highest BCUT2D eigenvalue weighted by Gasteiger charge is 2.10. The van der Waals surface area contributed by atoms with Crippen LogP contribution >= 0.6 is 11.6 Å². The lowest BCUT2D eigenvalue weighted by atomic mass is 10.2. The van der Waals surface area contributed by atoms with Crippen LogP contribution in [0.3, 0.4) is 0 Å². The molecule has 4 rings (SSSR count). The van der Waals surface area contributed by atoms with E-state index in [-0.39, 0.29) is 5.75 Å². The Morgan fingerprint density at radius 1 is 1.11 bits per heavy atom. The fraction of sp³-hybridized carbons (Fsp3) is 0.0526. The highest BCUT2D eigenvalue weighted by molar-refractivity contribution is 6.30. The molecule has 8 nitrogen and oxygen atoms in total. The van der Waals surface area contributed by atoms with Gasteiger partial charge in [-0.3, -0.25) is 5.43 Å². The van der Waals surface area contributed by atoms with Gasteiger partial charge >= 0.3 is 0 Å². The molecule has 0 spiro atoms. The van der Waals surface area contributed by atoms with Gasteiger partial charge in [-0.1, -0.05) is 11.6 Å². The van der Waals surface area contributed by atoms with Gasteiger partial charge in [-0.25, -0.2) is 0 Å². The Bertz CT molecular complexity index is 1160. The molecule has 2 aromatic carbocycles. The third-order valence-corrected chi connectivity index (χ3v) is 4.21. The molecule has 0 saturated heterocycles. The van der Waals surface area contributed by atoms with Gasteiger partial charge in [0.15, 0.2) is 28.8 Å². The maximum absolute atomic E-state index is 9.64. The van der Waals surface area contributed by atoms with Crippen molar-refractivity contribution in [1.82, 2.24) is 19.8 Å². The van der Waals surface area contributed by atoms with Crippen molar-refractivity contribution in [2.45, 2.75) is 0 Å². The predicted molar refractivity (Wildman–Crippen MR) is 107 cm³/mol. The van der Waals surface area contributed by atoms with Gasteiger partial charge in [0.1, 0.15) is 0 Å². The summed E-state index contributed by atoms with van der Waals surface area (Å²) in [6, 6.07) is 15.8. The van der Waals surface area contributed by atoms with E-state index in [9.17, 15) is 5.11 Å². The first-order valence-electron chi connectivity index (χ1n) is 8.28. The van der Waals surface area contributed by atoms with Crippen LogP contribution < -0.4 is 10.2 Å². The van der Waals surface area contributed by atoms with Crippen LogP contribution in [-0.2, 0) is 0 Å². The van der Waals surface area contributed by atoms with Gasteiger partial charge in [0.05, 0.1) is 13.3 Å². The molecule has 140 valence electrons. The van der Waals surface area contributed by atoms with E-state index in [4.69, 9.17) is 16.3 Å². The van der Waals surface area contributed by atoms with Crippen molar-refractivity contribution in [2.24, 2.45) is 5.10 Å². The van der Waals surface area contributed by atoms with Gasteiger partial charge in [-0.2, -0.15) is 9.62 Å². The number of nitrogens with one attached hydrogen (secondary N) is 1. The number of hydrazone groups is 1. The number of hydrogen-bond acceptors (Lipinski definition) is 7. The van der Waals surface area contributed by atoms with E-state index >= 15 is 0 Å². The van der Waals surface area contributed by atoms with Crippen LogP contribution in [0.25, 0.3) is 17.0 Å². The summed E-state index contributed by atoms with van der Waals surface area (Å²) in [5.41, 5.74) is 5.09. The summed E-state index contributed by atoms with van der Waals surface area (Å²) in [5, 5.41) is 27.3. The van der Waals surface area contributed by atoms with Crippen LogP contribution in [0.15, 0.2) is 59.7 Å². The molecule has 2 N–H and O–H groups in total. The van der Waals surface area contributed by atoms with E-state index in [1.807, 2.05) is 12.1 Å². The largest absolute Gasteiger partial charge is 0.504 e. The predicted octanol–water partition coefficient (Wildman–Crippen LogP) is 3.60. The monoisotopic (exact) mass is 394 g/mol. The summed E-state index contributed by atoms with van der Waals surface area (Å²) < 4.78 is 6.71. The number of rotatable bonds is 5. The van der Waals surface area contributed by atoms with E-state index in [1.165, 1.54) is 7.11 Å². The first-order valence-corrected chi connectivity index (χ1v) is 8.66. The second kappa shape index (κ2) is 7.53. The molecular weight excluding hydrogens is 380 g/mol. The molecule has 0 radical (unpaired) electrons. The Hall–Kier alpha value is -3.65. The second-order valence-corrected chi connectivity index (χ2v) is 6.26. The molecule has 0 bridgehead atoms. The highest BCUT2D eigenvalue weighted by Crippen LogP contribution is 2.25. The van der Waals surface area contributed by atoms with E-state index in [0.29, 0.717) is 28.1 Å². The summed E-state index contributed by atoms with van der Waals surface area (Å²) in [5.74, 6) is 1.56. The molecule has 0 aliphatic rings. The highest BCUT2D eigenvalue weighted by atomic mass is 35.5. The molecule has 0 aliphatic heterocycles. The Kier molecular flexibility index (Phi) is 4.77. The topological polar surface area (TPSA) is 96.9 Å². The maximum atomic E-state index is 9.64. The second-order valence-electron chi connectivity index (χ2n) is 5.82. The molecule has 28 heavy (non-hydrogen) atoms. The summed E-state index contributed by atoms with van der Waals surface area (Å²) in [4.78, 5) is 0. The number of aromatic hydroxyl groups is 1. The third-order valence-electron chi connectivity index (χ3n) is 3.96. The Labute approximate surface area is 165 Å². The fourth-order valence-corrected chi connectivity index (χ4v) is 2.70. The summed E-state index contributed by atoms with van der Waals surface area (Å²) in [6.07, 6.45) is 1.60. The number of anilines is 1. The number of phenolic OH excluding ortho intramolecular Hbond substituents is 1. The van der Waals surface area contributed by atoms with Gasteiger partial charge in [0, 0.05) is 10.6 Å². The van der Waals surface area contributed by atoms with Crippen molar-refractivity contribution in [3.63, 3.8) is 0 Å². The lowest BCUT2D eigenvalue weighted by Gasteiger charge is -2.04. The maximum Gasteiger partial charge on any atom is 0.185 e. The fourth-order valence-electron chi connectivity index (χ4n) is 2.57. The standard InChI is InChI=1S/C19H15ClN6O2/c1-28-16-10-12(2-7-15(16)27)11-21-22-17-8-9-18-23-24-19(26(18)25-17)13-3-5-14(20)6-4-13/h2-11,27H,1H3,(H,22,25)/b21-11-. The molecule has 0 atom stereocenters. The minimum Gasteiger partial charge on any atom is -0.504 e. The molecule has 0 fully saturated rings. The number of nitrogens with zero attached hydrogens (tertiary/aromatic N) is 5. The summed E-state index contributed by atoms with van der Waals surface area (Å²) in [6.45, 7) is 0. The van der Waals surface area contributed by atoms with Crippen LogP contribution in [0, 0.1) is 0 Å². The van der Waals surface area contributed by atoms with E-state index in [1.54, 1.807) is 53.2 Å². The summed E-state index contributed by atoms with van der Waals surface area (Å²) in [7, 11) is 1.49. The van der Waals surface area contributed by atoms with Crippen molar-refractivity contribution in [3.05, 3.63) is 65.2 Å². The van der Waals surface area contributed by atoms with Crippen LogP contribution in [-0.4, -0.2) is 38.2 Å². The van der Waals surface area contributed by atoms with Crippen LogP contribution in [0.2, 0.25) is 5.02 Å². The Morgan fingerprint density at radius 2 is 1.93 bits per heavy atom. The van der Waals surface area contributed by atoms with Gasteiger partial charge in [0.2, 0.25) is 0 Å². The molecular formula is C19H15ClN6O2. The van der Waals surface area contributed by atoms with Crippen LogP contribution in [0.1, 0.15) is 5.56 Å². The number of aromatic nitrogens is 4. The SMILES string of the molecule is COc1cc(/C=N\Nc2ccc3nnc(-c4ccc(Cl)cc4)n3n2)ccc1O. The van der Waals surface area contributed by atoms with Crippen molar-refractivity contribution >= 4 is 29.3 Å². The minimum absolute atomic E-state index is 0.0714. The molecule has 0 saturated carbocycles. The lowest BCUT2D eigenvalue weighted by molar-refractivity contribution is 0.373. The molecule has 9 heteroatoms. The summed E-state index contributed by atoms with van der Waals surface area (Å²) >= 11 is 5.95. The lowest BCUT2D eigenvalue weighted by Crippen LogP contribution is -2.00. The normalized spacial score (nSPS) is 11.2.